The summed E-state index contributed by atoms with van der Waals surface area (Å²) in [5.41, 5.74) is 0.629. The van der Waals surface area contributed by atoms with Crippen molar-refractivity contribution in [3.8, 4) is 0 Å². The van der Waals surface area contributed by atoms with Gasteiger partial charge in [-0.3, -0.25) is 14.9 Å². The fraction of sp³-hybridized carbons (Fsp3) is 0.182. The molecule has 0 fully saturated rings. The van der Waals surface area contributed by atoms with Crippen LogP contribution in [0.4, 0.5) is 11.4 Å². The molecule has 5 nitrogen and oxygen atoms in total. The first-order valence-corrected chi connectivity index (χ1v) is 4.71. The molecule has 1 rings (SSSR count). The zero-order chi connectivity index (χ0) is 12.1. The Morgan fingerprint density at radius 1 is 1.38 bits per heavy atom. The van der Waals surface area contributed by atoms with E-state index in [0.29, 0.717) is 5.69 Å². The van der Waals surface area contributed by atoms with E-state index in [1.54, 1.807) is 32.2 Å². The van der Waals surface area contributed by atoms with E-state index in [4.69, 9.17) is 0 Å². The number of carbonyl (C=O) groups is 1. The molecule has 0 heterocycles. The number of hydrogen-bond acceptors (Lipinski definition) is 3. The van der Waals surface area contributed by atoms with Gasteiger partial charge in [0.15, 0.2) is 0 Å². The number of non-ortho nitro benzene ring substituents is 1. The summed E-state index contributed by atoms with van der Waals surface area (Å²) in [4.78, 5) is 22.8. The van der Waals surface area contributed by atoms with E-state index >= 15 is 0 Å². The smallest absolute Gasteiger partial charge is 0.269 e. The molecule has 0 aliphatic heterocycles. The minimum atomic E-state index is -0.475. The Balaban J connectivity index is 2.89. The summed E-state index contributed by atoms with van der Waals surface area (Å²) in [6.07, 6.45) is 3.08. The lowest BCUT2D eigenvalue weighted by atomic mass is 10.2. The molecule has 1 aromatic carbocycles. The van der Waals surface area contributed by atoms with Gasteiger partial charge in [0, 0.05) is 24.9 Å². The zero-order valence-corrected chi connectivity index (χ0v) is 9.08. The second-order valence-electron chi connectivity index (χ2n) is 3.17. The molecule has 0 bridgehead atoms. The average Bonchev–Trinajstić information content (AvgIpc) is 2.28. The molecule has 0 unspecified atom stereocenters. The molecule has 0 saturated heterocycles. The number of carbonyl (C=O) groups excluding carboxylic acids is 1. The van der Waals surface area contributed by atoms with Crippen molar-refractivity contribution in [1.29, 1.82) is 0 Å². The lowest BCUT2D eigenvalue weighted by Gasteiger charge is -2.14. The van der Waals surface area contributed by atoms with Crippen LogP contribution in [0.3, 0.4) is 0 Å². The molecule has 5 heteroatoms. The zero-order valence-electron chi connectivity index (χ0n) is 9.08. The predicted molar refractivity (Wildman–Crippen MR) is 61.3 cm³/mol. The Morgan fingerprint density at radius 3 is 2.38 bits per heavy atom. The Morgan fingerprint density at radius 2 is 1.94 bits per heavy atom. The van der Waals surface area contributed by atoms with E-state index < -0.39 is 4.92 Å². The van der Waals surface area contributed by atoms with Crippen LogP contribution in [0.15, 0.2) is 36.4 Å². The maximum atomic E-state index is 11.5. The average molecular weight is 220 g/mol. The van der Waals surface area contributed by atoms with Crippen LogP contribution in [0.25, 0.3) is 0 Å². The highest BCUT2D eigenvalue weighted by atomic mass is 16.6. The molecule has 0 aliphatic rings. The maximum absolute atomic E-state index is 11.5. The van der Waals surface area contributed by atoms with Crippen molar-refractivity contribution in [3.63, 3.8) is 0 Å². The molecule has 0 saturated carbocycles. The van der Waals surface area contributed by atoms with Gasteiger partial charge in [-0.05, 0) is 25.1 Å². The van der Waals surface area contributed by atoms with E-state index in [2.05, 4.69) is 0 Å². The van der Waals surface area contributed by atoms with Crippen LogP contribution in [0.5, 0.6) is 0 Å². The molecular formula is C11H12N2O3. The van der Waals surface area contributed by atoms with Gasteiger partial charge in [0.1, 0.15) is 0 Å². The van der Waals surface area contributed by atoms with Gasteiger partial charge in [-0.15, -0.1) is 0 Å². The van der Waals surface area contributed by atoms with E-state index in [1.165, 1.54) is 23.1 Å². The highest BCUT2D eigenvalue weighted by molar-refractivity contribution is 6.00. The molecule has 0 radical (unpaired) electrons. The van der Waals surface area contributed by atoms with Crippen molar-refractivity contribution < 1.29 is 9.72 Å². The van der Waals surface area contributed by atoms with Gasteiger partial charge in [-0.1, -0.05) is 6.08 Å². The first kappa shape index (κ1) is 11.9. The summed E-state index contributed by atoms with van der Waals surface area (Å²) in [5.74, 6) is -0.170. The van der Waals surface area contributed by atoms with Crippen LogP contribution in [0.1, 0.15) is 6.92 Å². The third-order valence-corrected chi connectivity index (χ3v) is 2.09. The van der Waals surface area contributed by atoms with E-state index in [0.717, 1.165) is 0 Å². The number of anilines is 1. The minimum absolute atomic E-state index is 0.00984. The van der Waals surface area contributed by atoms with Gasteiger partial charge >= 0.3 is 0 Å². The van der Waals surface area contributed by atoms with Crippen molar-refractivity contribution in [1.82, 2.24) is 0 Å². The molecule has 16 heavy (non-hydrogen) atoms. The van der Waals surface area contributed by atoms with Crippen LogP contribution in [0, 0.1) is 10.1 Å². The summed E-state index contributed by atoms with van der Waals surface area (Å²) in [5, 5.41) is 10.4. The summed E-state index contributed by atoms with van der Waals surface area (Å²) in [7, 11) is 1.61. The van der Waals surface area contributed by atoms with E-state index in [1.807, 2.05) is 0 Å². The van der Waals surface area contributed by atoms with E-state index in [9.17, 15) is 14.9 Å². The fourth-order valence-electron chi connectivity index (χ4n) is 1.18. The summed E-state index contributed by atoms with van der Waals surface area (Å²) in [6.45, 7) is 1.75. The summed E-state index contributed by atoms with van der Waals surface area (Å²) >= 11 is 0. The van der Waals surface area contributed by atoms with Gasteiger partial charge in [0.25, 0.3) is 5.69 Å². The number of nitrogens with zero attached hydrogens (tertiary/aromatic N) is 2. The largest absolute Gasteiger partial charge is 0.312 e. The van der Waals surface area contributed by atoms with Crippen molar-refractivity contribution in [2.75, 3.05) is 11.9 Å². The van der Waals surface area contributed by atoms with Crippen molar-refractivity contribution in [2.24, 2.45) is 0 Å². The fourth-order valence-corrected chi connectivity index (χ4v) is 1.18. The van der Waals surface area contributed by atoms with Gasteiger partial charge in [0.05, 0.1) is 4.92 Å². The standard InChI is InChI=1S/C11H12N2O3/c1-3-4-11(14)12(2)9-5-7-10(8-6-9)13(15)16/h3-8H,1-2H3. The van der Waals surface area contributed by atoms with Gasteiger partial charge < -0.3 is 4.90 Å². The first-order valence-electron chi connectivity index (χ1n) is 4.71. The van der Waals surface area contributed by atoms with Crippen LogP contribution in [0.2, 0.25) is 0 Å². The predicted octanol–water partition coefficient (Wildman–Crippen LogP) is 2.13. The molecule has 84 valence electrons. The van der Waals surface area contributed by atoms with Crippen molar-refractivity contribution in [3.05, 3.63) is 46.5 Å². The molecular weight excluding hydrogens is 208 g/mol. The maximum Gasteiger partial charge on any atom is 0.269 e. The van der Waals surface area contributed by atoms with Crippen LogP contribution in [-0.4, -0.2) is 17.9 Å². The number of likely N-dealkylation sites (N-methyl/N-ethyl adjacent to an activating group) is 1. The first-order chi connectivity index (χ1) is 7.56. The highest BCUT2D eigenvalue weighted by Gasteiger charge is 2.09. The Kier molecular flexibility index (Phi) is 3.77. The minimum Gasteiger partial charge on any atom is -0.312 e. The number of amides is 1. The van der Waals surface area contributed by atoms with Gasteiger partial charge in [0.2, 0.25) is 5.91 Å². The summed E-state index contributed by atoms with van der Waals surface area (Å²) < 4.78 is 0. The second kappa shape index (κ2) is 5.06. The number of allylic oxidation sites excluding steroid dienone is 1. The molecule has 1 amide bonds. The van der Waals surface area contributed by atoms with Crippen LogP contribution >= 0.6 is 0 Å². The molecule has 0 atom stereocenters. The quantitative estimate of drug-likeness (QED) is 0.445. The van der Waals surface area contributed by atoms with Crippen molar-refractivity contribution in [2.45, 2.75) is 6.92 Å². The molecule has 0 aliphatic carbocycles. The number of hydrogen-bond donors (Lipinski definition) is 0. The summed E-state index contributed by atoms with van der Waals surface area (Å²) in [6, 6.07) is 5.82. The Hall–Kier alpha value is -2.17. The van der Waals surface area contributed by atoms with Gasteiger partial charge in [-0.2, -0.15) is 0 Å². The topological polar surface area (TPSA) is 63.5 Å². The normalized spacial score (nSPS) is 10.4. The lowest BCUT2D eigenvalue weighted by Crippen LogP contribution is -2.23. The number of benzene rings is 1. The monoisotopic (exact) mass is 220 g/mol. The molecule has 0 aromatic heterocycles. The van der Waals surface area contributed by atoms with E-state index in [-0.39, 0.29) is 11.6 Å². The highest BCUT2D eigenvalue weighted by Crippen LogP contribution is 2.18. The third-order valence-electron chi connectivity index (χ3n) is 2.09. The van der Waals surface area contributed by atoms with Gasteiger partial charge in [-0.25, -0.2) is 0 Å². The second-order valence-corrected chi connectivity index (χ2v) is 3.17. The lowest BCUT2D eigenvalue weighted by molar-refractivity contribution is -0.384. The Bertz CT molecular complexity index is 423. The third kappa shape index (κ3) is 2.66. The number of nitro benzene ring substituents is 1. The number of nitro groups is 1. The van der Waals surface area contributed by atoms with Crippen LogP contribution in [-0.2, 0) is 4.79 Å². The number of rotatable bonds is 3. The molecule has 0 spiro atoms. The van der Waals surface area contributed by atoms with Crippen molar-refractivity contribution >= 4 is 17.3 Å². The SMILES string of the molecule is CC=CC(=O)N(C)c1ccc([N+](=O)[O-])cc1. The molecule has 1 aromatic rings. The Labute approximate surface area is 93.1 Å². The van der Waals surface area contributed by atoms with Crippen LogP contribution < -0.4 is 4.90 Å². The molecule has 0 N–H and O–H groups in total.